The van der Waals surface area contributed by atoms with Crippen LogP contribution in [-0.4, -0.2) is 74.6 Å². The molecule has 1 radical (unpaired) electrons. The fourth-order valence-corrected chi connectivity index (χ4v) is 1.20. The molecule has 0 aromatic carbocycles. The first-order chi connectivity index (χ1) is 4.46. The molecule has 0 spiro atoms. The van der Waals surface area contributed by atoms with Crippen molar-refractivity contribution in [2.75, 3.05) is 42.3 Å². The van der Waals surface area contributed by atoms with Gasteiger partial charge in [0.15, 0.2) is 6.29 Å². The van der Waals surface area contributed by atoms with E-state index in [-0.39, 0.29) is 17.6 Å². The van der Waals surface area contributed by atoms with Crippen LogP contribution in [0.4, 0.5) is 0 Å². The van der Waals surface area contributed by atoms with E-state index in [4.69, 9.17) is 0 Å². The Morgan fingerprint density at radius 3 is 0.818 bits per heavy atom. The van der Waals surface area contributed by atoms with Crippen molar-refractivity contribution in [2.45, 2.75) is 0 Å². The van der Waals surface area contributed by atoms with Crippen molar-refractivity contribution in [1.29, 1.82) is 0 Å². The van der Waals surface area contributed by atoms with Gasteiger partial charge in [-0.05, 0) is 42.3 Å². The molecule has 0 aromatic rings. The molecule has 4 heteroatoms. The standard InChI is InChI=1S/C7H18N3.GeH4/c1-8(2)7(9(3)4)10(5)6;/h1-6H3;1H4. The zero-order valence-corrected chi connectivity index (χ0v) is 7.84. The third-order valence-corrected chi connectivity index (χ3v) is 1.20. The van der Waals surface area contributed by atoms with Crippen LogP contribution in [0.2, 0.25) is 0 Å². The third-order valence-electron chi connectivity index (χ3n) is 1.20. The van der Waals surface area contributed by atoms with Crippen molar-refractivity contribution < 1.29 is 0 Å². The average Bonchev–Trinajstić information content (AvgIpc) is 1.59. The second-order valence-corrected chi connectivity index (χ2v) is 2.98. The van der Waals surface area contributed by atoms with Gasteiger partial charge in [-0.15, -0.1) is 0 Å². The van der Waals surface area contributed by atoms with E-state index in [1.165, 1.54) is 6.29 Å². The molecule has 0 rings (SSSR count). The Kier molecular flexibility index (Phi) is 7.62. The van der Waals surface area contributed by atoms with E-state index >= 15 is 0 Å². The Hall–Kier alpha value is 0.423. The topological polar surface area (TPSA) is 9.72 Å². The molecule has 0 saturated carbocycles. The Morgan fingerprint density at radius 2 is 0.818 bits per heavy atom. The van der Waals surface area contributed by atoms with Gasteiger partial charge in [0.2, 0.25) is 0 Å². The van der Waals surface area contributed by atoms with Gasteiger partial charge in [0.1, 0.15) is 0 Å². The van der Waals surface area contributed by atoms with Crippen LogP contribution in [0.5, 0.6) is 0 Å². The van der Waals surface area contributed by atoms with Crippen molar-refractivity contribution in [1.82, 2.24) is 14.7 Å². The van der Waals surface area contributed by atoms with Crippen molar-refractivity contribution in [3.05, 3.63) is 6.29 Å². The molecule has 0 atom stereocenters. The van der Waals surface area contributed by atoms with Crippen LogP contribution in [0.1, 0.15) is 0 Å². The van der Waals surface area contributed by atoms with E-state index in [2.05, 4.69) is 14.7 Å². The monoisotopic (exact) mass is 222 g/mol. The van der Waals surface area contributed by atoms with Gasteiger partial charge in [0.05, 0.1) is 0 Å². The molecule has 69 valence electrons. The molecule has 0 aliphatic rings. The number of nitrogens with zero attached hydrogens (tertiary/aromatic N) is 3. The third kappa shape index (κ3) is 4.79. The van der Waals surface area contributed by atoms with E-state index in [0.29, 0.717) is 0 Å². The molecule has 0 bridgehead atoms. The second kappa shape index (κ2) is 6.00. The van der Waals surface area contributed by atoms with Gasteiger partial charge in [-0.2, -0.15) is 0 Å². The molecule has 0 amide bonds. The zero-order chi connectivity index (χ0) is 8.31. The van der Waals surface area contributed by atoms with Crippen LogP contribution in [-0.2, 0) is 0 Å². The fourth-order valence-electron chi connectivity index (χ4n) is 1.20. The van der Waals surface area contributed by atoms with Gasteiger partial charge in [-0.3, -0.25) is 14.7 Å². The van der Waals surface area contributed by atoms with Crippen LogP contribution in [0.25, 0.3) is 0 Å². The molecule has 0 heterocycles. The summed E-state index contributed by atoms with van der Waals surface area (Å²) in [6.07, 6.45) is 1.19. The maximum atomic E-state index is 2.08. The summed E-state index contributed by atoms with van der Waals surface area (Å²) in [5.74, 6) is 0. The Bertz CT molecular complexity index is 74.7. The van der Waals surface area contributed by atoms with E-state index in [1.807, 2.05) is 42.3 Å². The van der Waals surface area contributed by atoms with E-state index in [1.54, 1.807) is 0 Å². The van der Waals surface area contributed by atoms with Crippen molar-refractivity contribution in [2.24, 2.45) is 0 Å². The average molecular weight is 221 g/mol. The SMILES string of the molecule is CN(C)[C](N(C)C)N(C)C.[GeH4]. The molecule has 11 heavy (non-hydrogen) atoms. The summed E-state index contributed by atoms with van der Waals surface area (Å²) in [4.78, 5) is 6.25. The molecule has 0 aliphatic carbocycles. The molecular formula is C7H22GeN3. The summed E-state index contributed by atoms with van der Waals surface area (Å²) in [6, 6.07) is 0. The minimum absolute atomic E-state index is 0. The first kappa shape index (κ1) is 14.0. The first-order valence-electron chi connectivity index (χ1n) is 3.35. The molecule has 0 unspecified atom stereocenters. The fraction of sp³-hybridized carbons (Fsp3) is 0.857. The predicted octanol–water partition coefficient (Wildman–Crippen LogP) is -1.33. The zero-order valence-electron chi connectivity index (χ0n) is 7.84. The van der Waals surface area contributed by atoms with Gasteiger partial charge in [0, 0.05) is 0 Å². The summed E-state index contributed by atoms with van der Waals surface area (Å²) >= 11 is 0. The van der Waals surface area contributed by atoms with Crippen LogP contribution in [0, 0.1) is 6.29 Å². The van der Waals surface area contributed by atoms with Crippen molar-refractivity contribution >= 4 is 17.6 Å². The molecule has 0 aliphatic heterocycles. The van der Waals surface area contributed by atoms with Crippen LogP contribution >= 0.6 is 0 Å². The second-order valence-electron chi connectivity index (χ2n) is 2.98. The summed E-state index contributed by atoms with van der Waals surface area (Å²) in [5.41, 5.74) is 0. The van der Waals surface area contributed by atoms with Gasteiger partial charge < -0.3 is 0 Å². The van der Waals surface area contributed by atoms with E-state index in [0.717, 1.165) is 0 Å². The van der Waals surface area contributed by atoms with Crippen molar-refractivity contribution in [3.8, 4) is 0 Å². The molecule has 0 fully saturated rings. The number of hydrogen-bond donors (Lipinski definition) is 0. The molecule has 0 saturated heterocycles. The quantitative estimate of drug-likeness (QED) is 0.546. The van der Waals surface area contributed by atoms with Crippen LogP contribution in [0.3, 0.4) is 0 Å². The Balaban J connectivity index is 0. The Labute approximate surface area is 81.3 Å². The van der Waals surface area contributed by atoms with Gasteiger partial charge in [-0.1, -0.05) is 0 Å². The normalized spacial score (nSPS) is 11.5. The predicted molar refractivity (Wildman–Crippen MR) is 55.6 cm³/mol. The summed E-state index contributed by atoms with van der Waals surface area (Å²) in [5, 5.41) is 0. The van der Waals surface area contributed by atoms with E-state index < -0.39 is 0 Å². The molecular weight excluding hydrogens is 199 g/mol. The summed E-state index contributed by atoms with van der Waals surface area (Å²) in [7, 11) is 12.2. The van der Waals surface area contributed by atoms with Crippen LogP contribution in [0.15, 0.2) is 0 Å². The van der Waals surface area contributed by atoms with E-state index in [9.17, 15) is 0 Å². The summed E-state index contributed by atoms with van der Waals surface area (Å²) in [6.45, 7) is 0. The maximum absolute atomic E-state index is 2.08. The van der Waals surface area contributed by atoms with Gasteiger partial charge in [0.25, 0.3) is 0 Å². The molecule has 0 N–H and O–H groups in total. The Morgan fingerprint density at radius 1 is 0.636 bits per heavy atom. The summed E-state index contributed by atoms with van der Waals surface area (Å²) < 4.78 is 0. The van der Waals surface area contributed by atoms with Gasteiger partial charge >= 0.3 is 17.6 Å². The number of rotatable bonds is 3. The van der Waals surface area contributed by atoms with Crippen molar-refractivity contribution in [3.63, 3.8) is 0 Å². The first-order valence-corrected chi connectivity index (χ1v) is 3.35. The number of hydrogen-bond acceptors (Lipinski definition) is 3. The molecule has 3 nitrogen and oxygen atoms in total. The van der Waals surface area contributed by atoms with Gasteiger partial charge in [-0.25, -0.2) is 0 Å². The van der Waals surface area contributed by atoms with Crippen LogP contribution < -0.4 is 0 Å². The molecule has 0 aromatic heterocycles. The minimum atomic E-state index is 0.